The van der Waals surface area contributed by atoms with Gasteiger partial charge >= 0.3 is 0 Å². The third-order valence-corrected chi connectivity index (χ3v) is 9.10. The van der Waals surface area contributed by atoms with Crippen molar-refractivity contribution in [3.05, 3.63) is 70.2 Å². The number of aromatic nitrogens is 4. The quantitative estimate of drug-likeness (QED) is 0.269. The van der Waals surface area contributed by atoms with Gasteiger partial charge in [-0.25, -0.2) is 9.97 Å². The third-order valence-electron chi connectivity index (χ3n) is 8.66. The van der Waals surface area contributed by atoms with Crippen molar-refractivity contribution in [2.75, 3.05) is 0 Å². The van der Waals surface area contributed by atoms with E-state index < -0.39 is 12.2 Å². The van der Waals surface area contributed by atoms with E-state index in [1.807, 2.05) is 39.4 Å². The van der Waals surface area contributed by atoms with Crippen LogP contribution in [-0.4, -0.2) is 29.0 Å². The lowest BCUT2D eigenvalue weighted by Gasteiger charge is -2.32. The predicted molar refractivity (Wildman–Crippen MR) is 146 cm³/mol. The molecule has 0 aliphatic heterocycles. The average molecular weight is 542 g/mol. The third kappa shape index (κ3) is 5.01. The lowest BCUT2D eigenvalue weighted by molar-refractivity contribution is 0.0742. The molecule has 0 aromatic carbocycles. The molecule has 2 fully saturated rings. The highest BCUT2D eigenvalue weighted by Gasteiger charge is 2.32. The second kappa shape index (κ2) is 10.6. The Hall–Kier alpha value is -2.12. The van der Waals surface area contributed by atoms with Crippen molar-refractivity contribution in [1.29, 1.82) is 0 Å². The van der Waals surface area contributed by atoms with Crippen LogP contribution in [0, 0.1) is 11.8 Å². The topological polar surface area (TPSA) is 75.1 Å². The molecule has 196 valence electrons. The van der Waals surface area contributed by atoms with E-state index in [0.717, 1.165) is 60.2 Å². The van der Waals surface area contributed by atoms with Gasteiger partial charge in [-0.15, -0.1) is 0 Å². The molecule has 2 N–H and O–H groups in total. The standard InChI is InChI=1S/C29H34Cl2N4O2/c30-21-11-23-15-32-16-34(23)26(14-21)29(37)20-8-4-7-19(10-20)28-25-13-22(31)12-24(35(25)17-33-28)27(36)9-18-5-2-1-3-6-18/h11-20,27,29,36-37H,1-10H2. The molecule has 8 heteroatoms. The van der Waals surface area contributed by atoms with Crippen LogP contribution in [-0.2, 0) is 0 Å². The molecule has 0 radical (unpaired) electrons. The molecule has 4 aromatic heterocycles. The fourth-order valence-corrected chi connectivity index (χ4v) is 7.23. The lowest BCUT2D eigenvalue weighted by atomic mass is 9.76. The van der Waals surface area contributed by atoms with E-state index in [4.69, 9.17) is 28.2 Å². The number of hydrogen-bond donors (Lipinski definition) is 2. The van der Waals surface area contributed by atoms with E-state index in [1.54, 1.807) is 12.5 Å². The Balaban J connectivity index is 1.26. The van der Waals surface area contributed by atoms with Crippen LogP contribution in [0.5, 0.6) is 0 Å². The van der Waals surface area contributed by atoms with E-state index >= 15 is 0 Å². The number of aliphatic hydroxyl groups is 2. The Bertz CT molecular complexity index is 1390. The first-order valence-corrected chi connectivity index (χ1v) is 14.4. The van der Waals surface area contributed by atoms with Crippen LogP contribution < -0.4 is 0 Å². The summed E-state index contributed by atoms with van der Waals surface area (Å²) in [4.78, 5) is 9.08. The number of hydrogen-bond acceptors (Lipinski definition) is 4. The van der Waals surface area contributed by atoms with E-state index in [-0.39, 0.29) is 11.8 Å². The van der Waals surface area contributed by atoms with Crippen LogP contribution in [0.1, 0.15) is 99.4 Å². The zero-order valence-corrected chi connectivity index (χ0v) is 22.5. The molecule has 4 aromatic rings. The Morgan fingerprint density at radius 2 is 1.65 bits per heavy atom. The summed E-state index contributed by atoms with van der Waals surface area (Å²) in [6, 6.07) is 7.55. The Morgan fingerprint density at radius 1 is 0.865 bits per heavy atom. The van der Waals surface area contributed by atoms with Gasteiger partial charge in [0.25, 0.3) is 0 Å². The molecular weight excluding hydrogens is 507 g/mol. The van der Waals surface area contributed by atoms with E-state index in [2.05, 4.69) is 4.98 Å². The number of fused-ring (bicyclic) bond motifs is 2. The summed E-state index contributed by atoms with van der Waals surface area (Å²) in [5.41, 5.74) is 4.44. The van der Waals surface area contributed by atoms with E-state index in [1.165, 1.54) is 32.1 Å². The van der Waals surface area contributed by atoms with Gasteiger partial charge in [0.05, 0.1) is 59.2 Å². The minimum absolute atomic E-state index is 0.0788. The van der Waals surface area contributed by atoms with Gasteiger partial charge in [-0.1, -0.05) is 61.7 Å². The zero-order chi connectivity index (χ0) is 25.5. The number of nitrogens with zero attached hydrogens (tertiary/aromatic N) is 4. The first-order chi connectivity index (χ1) is 18.0. The average Bonchev–Trinajstić information content (AvgIpc) is 3.55. The molecule has 0 amide bonds. The van der Waals surface area contributed by atoms with Crippen molar-refractivity contribution in [3.63, 3.8) is 0 Å². The lowest BCUT2D eigenvalue weighted by Crippen LogP contribution is -2.22. The Labute approximate surface area is 227 Å². The smallest absolute Gasteiger partial charge is 0.0998 e. The van der Waals surface area contributed by atoms with Gasteiger partial charge in [0.1, 0.15) is 0 Å². The van der Waals surface area contributed by atoms with Crippen molar-refractivity contribution >= 4 is 34.2 Å². The molecule has 0 saturated heterocycles. The largest absolute Gasteiger partial charge is 0.387 e. The SMILES string of the molecule is OC(CC1CCCCC1)c1cc(Cl)cc2c(C3CCCC(C(O)c4cc(Cl)cc5cncn45)C3)ncn12. The Kier molecular flexibility index (Phi) is 7.19. The minimum atomic E-state index is -0.649. The molecule has 2 aliphatic carbocycles. The monoisotopic (exact) mass is 540 g/mol. The van der Waals surface area contributed by atoms with Crippen LogP contribution in [0.25, 0.3) is 11.0 Å². The summed E-state index contributed by atoms with van der Waals surface area (Å²) in [5.74, 6) is 0.850. The molecule has 2 aliphatic rings. The fourth-order valence-electron chi connectivity index (χ4n) is 6.79. The van der Waals surface area contributed by atoms with Crippen molar-refractivity contribution in [2.45, 2.75) is 82.3 Å². The highest BCUT2D eigenvalue weighted by Crippen LogP contribution is 2.43. The highest BCUT2D eigenvalue weighted by molar-refractivity contribution is 6.31. The molecule has 4 atom stereocenters. The first kappa shape index (κ1) is 25.2. The normalized spacial score (nSPS) is 23.0. The number of aliphatic hydroxyl groups excluding tert-OH is 2. The van der Waals surface area contributed by atoms with Gasteiger partial charge in [-0.05, 0) is 61.8 Å². The summed E-state index contributed by atoms with van der Waals surface area (Å²) in [5, 5.41) is 23.9. The number of rotatable bonds is 6. The van der Waals surface area contributed by atoms with Crippen molar-refractivity contribution < 1.29 is 10.2 Å². The second-order valence-electron chi connectivity index (χ2n) is 11.1. The van der Waals surface area contributed by atoms with Gasteiger partial charge in [-0.2, -0.15) is 0 Å². The summed E-state index contributed by atoms with van der Waals surface area (Å²) >= 11 is 12.9. The Morgan fingerprint density at radius 3 is 2.49 bits per heavy atom. The molecule has 6 rings (SSSR count). The van der Waals surface area contributed by atoms with E-state index in [9.17, 15) is 10.2 Å². The van der Waals surface area contributed by atoms with Crippen molar-refractivity contribution in [3.8, 4) is 0 Å². The van der Waals surface area contributed by atoms with Gasteiger partial charge in [0.15, 0.2) is 0 Å². The number of imidazole rings is 2. The summed E-state index contributed by atoms with van der Waals surface area (Å²) < 4.78 is 3.95. The van der Waals surface area contributed by atoms with E-state index in [0.29, 0.717) is 16.0 Å². The van der Waals surface area contributed by atoms with Crippen LogP contribution in [0.15, 0.2) is 43.1 Å². The maximum absolute atomic E-state index is 11.4. The number of halogens is 2. The molecule has 37 heavy (non-hydrogen) atoms. The maximum atomic E-state index is 11.4. The molecule has 6 nitrogen and oxygen atoms in total. The molecule has 2 saturated carbocycles. The first-order valence-electron chi connectivity index (χ1n) is 13.6. The minimum Gasteiger partial charge on any atom is -0.387 e. The van der Waals surface area contributed by atoms with Crippen LogP contribution >= 0.6 is 23.2 Å². The van der Waals surface area contributed by atoms with Crippen LogP contribution in [0.4, 0.5) is 0 Å². The molecular formula is C29H34Cl2N4O2. The van der Waals surface area contributed by atoms with Crippen LogP contribution in [0.2, 0.25) is 10.0 Å². The zero-order valence-electron chi connectivity index (χ0n) is 20.9. The van der Waals surface area contributed by atoms with Gasteiger partial charge < -0.3 is 19.0 Å². The molecule has 0 spiro atoms. The molecule has 4 unspecified atom stereocenters. The molecule has 4 heterocycles. The van der Waals surface area contributed by atoms with Crippen molar-refractivity contribution in [2.24, 2.45) is 11.8 Å². The van der Waals surface area contributed by atoms with Crippen LogP contribution in [0.3, 0.4) is 0 Å². The van der Waals surface area contributed by atoms with Gasteiger partial charge in [-0.3, -0.25) is 0 Å². The summed E-state index contributed by atoms with van der Waals surface area (Å²) in [6.45, 7) is 0. The highest BCUT2D eigenvalue weighted by atomic mass is 35.5. The van der Waals surface area contributed by atoms with Gasteiger partial charge in [0.2, 0.25) is 0 Å². The maximum Gasteiger partial charge on any atom is 0.0998 e. The summed E-state index contributed by atoms with van der Waals surface area (Å²) in [6.07, 6.45) is 14.9. The summed E-state index contributed by atoms with van der Waals surface area (Å²) in [7, 11) is 0. The fraction of sp³-hybridized carbons (Fsp3) is 0.517. The number of pyridine rings is 2. The molecule has 0 bridgehead atoms. The van der Waals surface area contributed by atoms with Gasteiger partial charge in [0, 0.05) is 16.0 Å². The second-order valence-corrected chi connectivity index (χ2v) is 12.0. The predicted octanol–water partition coefficient (Wildman–Crippen LogP) is 7.30. The van der Waals surface area contributed by atoms with Crippen molar-refractivity contribution in [1.82, 2.24) is 18.8 Å².